The number of anilines is 1. The van der Waals surface area contributed by atoms with Crippen LogP contribution < -0.4 is 10.9 Å². The molecule has 25 heavy (non-hydrogen) atoms. The zero-order chi connectivity index (χ0) is 18.0. The second kappa shape index (κ2) is 6.93. The maximum atomic E-state index is 11.9. The van der Waals surface area contributed by atoms with Crippen LogP contribution in [0.3, 0.4) is 0 Å². The van der Waals surface area contributed by atoms with Crippen molar-refractivity contribution in [3.05, 3.63) is 68.8 Å². The SMILES string of the molecule is CCc1cc(=O)[nH]c(-n2nc(C)cc2NCc2ccc(C)cc2C)n1. The van der Waals surface area contributed by atoms with Crippen LogP contribution in [-0.4, -0.2) is 19.7 Å². The number of nitrogens with one attached hydrogen (secondary N) is 2. The summed E-state index contributed by atoms with van der Waals surface area (Å²) in [5, 5.41) is 7.87. The predicted octanol–water partition coefficient (Wildman–Crippen LogP) is 3.06. The average Bonchev–Trinajstić information content (AvgIpc) is 2.94. The summed E-state index contributed by atoms with van der Waals surface area (Å²) in [5.74, 6) is 1.23. The lowest BCUT2D eigenvalue weighted by atomic mass is 10.1. The van der Waals surface area contributed by atoms with Crippen molar-refractivity contribution < 1.29 is 0 Å². The molecule has 6 heteroatoms. The monoisotopic (exact) mass is 337 g/mol. The van der Waals surface area contributed by atoms with Gasteiger partial charge in [-0.15, -0.1) is 0 Å². The molecule has 0 bridgehead atoms. The first-order valence-electron chi connectivity index (χ1n) is 8.43. The van der Waals surface area contributed by atoms with E-state index in [1.165, 1.54) is 22.8 Å². The van der Waals surface area contributed by atoms with Gasteiger partial charge in [0.15, 0.2) is 0 Å². The molecule has 0 radical (unpaired) electrons. The first-order chi connectivity index (χ1) is 12.0. The summed E-state index contributed by atoms with van der Waals surface area (Å²) in [4.78, 5) is 19.1. The molecular weight excluding hydrogens is 314 g/mol. The van der Waals surface area contributed by atoms with Crippen molar-refractivity contribution >= 4 is 5.82 Å². The summed E-state index contributed by atoms with van der Waals surface area (Å²) in [6, 6.07) is 9.87. The van der Waals surface area contributed by atoms with Gasteiger partial charge in [0, 0.05) is 24.4 Å². The molecule has 0 atom stereocenters. The van der Waals surface area contributed by atoms with Gasteiger partial charge in [-0.3, -0.25) is 9.78 Å². The standard InChI is InChI=1S/C19H23N5O/c1-5-16-10-18(25)22-19(21-16)24-17(9-14(4)23-24)20-11-15-7-6-12(2)8-13(15)3/h6-10,20H,5,11H2,1-4H3,(H,21,22,25). The molecule has 6 nitrogen and oxygen atoms in total. The lowest BCUT2D eigenvalue weighted by Crippen LogP contribution is -2.16. The van der Waals surface area contributed by atoms with E-state index in [0.29, 0.717) is 18.9 Å². The Kier molecular flexibility index (Phi) is 4.70. The highest BCUT2D eigenvalue weighted by Gasteiger charge is 2.11. The number of hydrogen-bond donors (Lipinski definition) is 2. The molecule has 0 fully saturated rings. The van der Waals surface area contributed by atoms with E-state index >= 15 is 0 Å². The zero-order valence-electron chi connectivity index (χ0n) is 15.1. The molecule has 0 aliphatic carbocycles. The Hall–Kier alpha value is -2.89. The minimum atomic E-state index is -0.171. The summed E-state index contributed by atoms with van der Waals surface area (Å²) in [6.07, 6.45) is 0.697. The van der Waals surface area contributed by atoms with Crippen molar-refractivity contribution in [1.82, 2.24) is 19.7 Å². The molecule has 0 aliphatic heterocycles. The van der Waals surface area contributed by atoms with Crippen LogP contribution in [0.5, 0.6) is 0 Å². The third-order valence-electron chi connectivity index (χ3n) is 4.13. The Bertz CT molecular complexity index is 955. The lowest BCUT2D eigenvalue weighted by molar-refractivity contribution is 0.777. The summed E-state index contributed by atoms with van der Waals surface area (Å²) < 4.78 is 1.65. The second-order valence-corrected chi connectivity index (χ2v) is 6.28. The van der Waals surface area contributed by atoms with E-state index in [2.05, 4.69) is 52.4 Å². The highest BCUT2D eigenvalue weighted by Crippen LogP contribution is 2.17. The molecule has 3 rings (SSSR count). The maximum Gasteiger partial charge on any atom is 0.252 e. The van der Waals surface area contributed by atoms with Crippen molar-refractivity contribution in [3.8, 4) is 5.95 Å². The molecule has 1 aromatic carbocycles. The van der Waals surface area contributed by atoms with Crippen LogP contribution in [0.25, 0.3) is 5.95 Å². The Morgan fingerprint density at radius 2 is 1.96 bits per heavy atom. The van der Waals surface area contributed by atoms with Crippen LogP contribution in [0.1, 0.15) is 35.0 Å². The van der Waals surface area contributed by atoms with Crippen molar-refractivity contribution in [2.45, 2.75) is 40.7 Å². The van der Waals surface area contributed by atoms with Crippen molar-refractivity contribution in [3.63, 3.8) is 0 Å². The Labute approximate surface area is 146 Å². The molecule has 2 heterocycles. The number of aryl methyl sites for hydroxylation is 4. The first-order valence-corrected chi connectivity index (χ1v) is 8.43. The average molecular weight is 337 g/mol. The number of rotatable bonds is 5. The Morgan fingerprint density at radius 1 is 1.16 bits per heavy atom. The van der Waals surface area contributed by atoms with E-state index < -0.39 is 0 Å². The summed E-state index contributed by atoms with van der Waals surface area (Å²) in [6.45, 7) is 8.76. The van der Waals surface area contributed by atoms with Gasteiger partial charge in [-0.05, 0) is 38.3 Å². The van der Waals surface area contributed by atoms with Gasteiger partial charge in [0.05, 0.1) is 5.69 Å². The highest BCUT2D eigenvalue weighted by atomic mass is 16.1. The number of nitrogens with zero attached hydrogens (tertiary/aromatic N) is 3. The van der Waals surface area contributed by atoms with E-state index in [0.717, 1.165) is 17.2 Å². The number of aromatic amines is 1. The topological polar surface area (TPSA) is 75.6 Å². The number of aromatic nitrogens is 4. The van der Waals surface area contributed by atoms with Crippen molar-refractivity contribution in [1.29, 1.82) is 0 Å². The zero-order valence-corrected chi connectivity index (χ0v) is 15.1. The van der Waals surface area contributed by atoms with Crippen LogP contribution in [-0.2, 0) is 13.0 Å². The van der Waals surface area contributed by atoms with Gasteiger partial charge in [-0.2, -0.15) is 9.78 Å². The lowest BCUT2D eigenvalue weighted by Gasteiger charge is -2.11. The van der Waals surface area contributed by atoms with Gasteiger partial charge < -0.3 is 5.32 Å². The maximum absolute atomic E-state index is 11.9. The molecular formula is C19H23N5O. The highest BCUT2D eigenvalue weighted by molar-refractivity contribution is 5.43. The fourth-order valence-electron chi connectivity index (χ4n) is 2.79. The fourth-order valence-corrected chi connectivity index (χ4v) is 2.79. The summed E-state index contributed by atoms with van der Waals surface area (Å²) in [7, 11) is 0. The first kappa shape index (κ1) is 17.0. The van der Waals surface area contributed by atoms with Crippen LogP contribution in [0, 0.1) is 20.8 Å². The number of benzene rings is 1. The molecule has 0 saturated carbocycles. The molecule has 0 aliphatic rings. The van der Waals surface area contributed by atoms with Gasteiger partial charge in [-0.25, -0.2) is 4.98 Å². The van der Waals surface area contributed by atoms with Gasteiger partial charge in [-0.1, -0.05) is 30.7 Å². The molecule has 130 valence electrons. The quantitative estimate of drug-likeness (QED) is 0.750. The van der Waals surface area contributed by atoms with Gasteiger partial charge >= 0.3 is 0 Å². The molecule has 0 spiro atoms. The smallest absolute Gasteiger partial charge is 0.252 e. The van der Waals surface area contributed by atoms with E-state index in [9.17, 15) is 4.79 Å². The van der Waals surface area contributed by atoms with Crippen LogP contribution in [0.15, 0.2) is 35.1 Å². The van der Waals surface area contributed by atoms with E-state index in [1.807, 2.05) is 19.9 Å². The largest absolute Gasteiger partial charge is 0.366 e. The normalized spacial score (nSPS) is 10.9. The van der Waals surface area contributed by atoms with Gasteiger partial charge in [0.25, 0.3) is 5.56 Å². The number of hydrogen-bond acceptors (Lipinski definition) is 4. The molecule has 0 saturated heterocycles. The number of H-pyrrole nitrogens is 1. The molecule has 0 amide bonds. The van der Waals surface area contributed by atoms with Crippen LogP contribution in [0.2, 0.25) is 0 Å². The summed E-state index contributed by atoms with van der Waals surface area (Å²) >= 11 is 0. The Balaban J connectivity index is 1.91. The fraction of sp³-hybridized carbons (Fsp3) is 0.316. The van der Waals surface area contributed by atoms with E-state index in [-0.39, 0.29) is 5.56 Å². The molecule has 3 aromatic rings. The summed E-state index contributed by atoms with van der Waals surface area (Å²) in [5.41, 5.74) is 5.14. The van der Waals surface area contributed by atoms with Crippen LogP contribution in [0.4, 0.5) is 5.82 Å². The minimum Gasteiger partial charge on any atom is -0.366 e. The van der Waals surface area contributed by atoms with Crippen molar-refractivity contribution in [2.24, 2.45) is 0 Å². The molecule has 2 aromatic heterocycles. The van der Waals surface area contributed by atoms with Crippen LogP contribution >= 0.6 is 0 Å². The van der Waals surface area contributed by atoms with Gasteiger partial charge in [0.1, 0.15) is 5.82 Å². The van der Waals surface area contributed by atoms with Gasteiger partial charge in [0.2, 0.25) is 5.95 Å². The molecule has 0 unspecified atom stereocenters. The molecule has 2 N–H and O–H groups in total. The van der Waals surface area contributed by atoms with E-state index in [4.69, 9.17) is 0 Å². The Morgan fingerprint density at radius 3 is 2.68 bits per heavy atom. The third-order valence-corrected chi connectivity index (χ3v) is 4.13. The second-order valence-electron chi connectivity index (χ2n) is 6.28. The minimum absolute atomic E-state index is 0.171. The van der Waals surface area contributed by atoms with E-state index in [1.54, 1.807) is 4.68 Å². The van der Waals surface area contributed by atoms with Crippen molar-refractivity contribution in [2.75, 3.05) is 5.32 Å². The third kappa shape index (κ3) is 3.79. The predicted molar refractivity (Wildman–Crippen MR) is 99.3 cm³/mol.